The second-order valence-electron chi connectivity index (χ2n) is 4.85. The predicted molar refractivity (Wildman–Crippen MR) is 76.9 cm³/mol. The highest BCUT2D eigenvalue weighted by Crippen LogP contribution is 2.08. The van der Waals surface area contributed by atoms with Crippen LogP contribution < -0.4 is 10.5 Å². The van der Waals surface area contributed by atoms with Gasteiger partial charge in [-0.3, -0.25) is 9.69 Å². The Morgan fingerprint density at radius 2 is 1.86 bits per heavy atom. The molecule has 0 aliphatic carbocycles. The minimum Gasteiger partial charge on any atom is -0.379 e. The Morgan fingerprint density at radius 3 is 2.43 bits per heavy atom. The molecule has 1 amide bonds. The molecule has 1 aliphatic heterocycles. The van der Waals surface area contributed by atoms with Crippen LogP contribution in [0.1, 0.15) is 5.56 Å². The van der Waals surface area contributed by atoms with Crippen molar-refractivity contribution in [1.29, 1.82) is 0 Å². The Kier molecular flexibility index (Phi) is 5.29. The van der Waals surface area contributed by atoms with Crippen molar-refractivity contribution in [2.75, 3.05) is 32.8 Å². The fourth-order valence-electron chi connectivity index (χ4n) is 2.02. The van der Waals surface area contributed by atoms with Crippen molar-refractivity contribution in [3.63, 3.8) is 0 Å². The molecule has 3 N–H and O–H groups in total. The second-order valence-corrected chi connectivity index (χ2v) is 6.42. The summed E-state index contributed by atoms with van der Waals surface area (Å²) in [6.07, 6.45) is 0. The molecule has 0 bridgehead atoms. The number of amides is 1. The summed E-state index contributed by atoms with van der Waals surface area (Å²) in [5.74, 6) is -0.0626. The first-order valence-electron chi connectivity index (χ1n) is 6.64. The molecule has 0 spiro atoms. The van der Waals surface area contributed by atoms with Crippen LogP contribution in [0.5, 0.6) is 0 Å². The molecule has 1 fully saturated rings. The first-order chi connectivity index (χ1) is 9.95. The van der Waals surface area contributed by atoms with Crippen molar-refractivity contribution in [1.82, 2.24) is 10.2 Å². The SMILES string of the molecule is NS(=O)(=O)c1ccc(CNC(=O)CN2CCOCC2)cc1. The number of sulfonamides is 1. The van der Waals surface area contributed by atoms with E-state index in [0.29, 0.717) is 26.3 Å². The van der Waals surface area contributed by atoms with E-state index < -0.39 is 10.0 Å². The predicted octanol–water partition coefficient (Wildman–Crippen LogP) is -0.718. The summed E-state index contributed by atoms with van der Waals surface area (Å²) in [5, 5.41) is 7.82. The van der Waals surface area contributed by atoms with Crippen LogP contribution in [0.25, 0.3) is 0 Å². The molecule has 116 valence electrons. The quantitative estimate of drug-likeness (QED) is 0.747. The largest absolute Gasteiger partial charge is 0.379 e. The van der Waals surface area contributed by atoms with Gasteiger partial charge in [0.2, 0.25) is 15.9 Å². The topological polar surface area (TPSA) is 102 Å². The van der Waals surface area contributed by atoms with Gasteiger partial charge in [0.05, 0.1) is 24.7 Å². The second kappa shape index (κ2) is 6.99. The van der Waals surface area contributed by atoms with Gasteiger partial charge < -0.3 is 10.1 Å². The Morgan fingerprint density at radius 1 is 1.24 bits per heavy atom. The van der Waals surface area contributed by atoms with Crippen molar-refractivity contribution in [3.05, 3.63) is 29.8 Å². The van der Waals surface area contributed by atoms with Crippen molar-refractivity contribution in [2.24, 2.45) is 5.14 Å². The smallest absolute Gasteiger partial charge is 0.238 e. The highest BCUT2D eigenvalue weighted by atomic mass is 32.2. The van der Waals surface area contributed by atoms with Crippen LogP contribution in [0.3, 0.4) is 0 Å². The molecule has 0 saturated carbocycles. The lowest BCUT2D eigenvalue weighted by Gasteiger charge is -2.25. The van der Waals surface area contributed by atoms with Gasteiger partial charge in [0.25, 0.3) is 0 Å². The summed E-state index contributed by atoms with van der Waals surface area (Å²) in [6, 6.07) is 6.13. The van der Waals surface area contributed by atoms with E-state index in [9.17, 15) is 13.2 Å². The van der Waals surface area contributed by atoms with E-state index in [1.807, 2.05) is 4.90 Å². The Labute approximate surface area is 124 Å². The number of nitrogens with two attached hydrogens (primary N) is 1. The van der Waals surface area contributed by atoms with Gasteiger partial charge in [0.15, 0.2) is 0 Å². The maximum atomic E-state index is 11.8. The monoisotopic (exact) mass is 313 g/mol. The maximum Gasteiger partial charge on any atom is 0.238 e. The average molecular weight is 313 g/mol. The number of rotatable bonds is 5. The number of carbonyl (C=O) groups excluding carboxylic acids is 1. The van der Waals surface area contributed by atoms with Gasteiger partial charge in [-0.25, -0.2) is 13.6 Å². The molecule has 7 nitrogen and oxygen atoms in total. The highest BCUT2D eigenvalue weighted by molar-refractivity contribution is 7.89. The van der Waals surface area contributed by atoms with Crippen molar-refractivity contribution < 1.29 is 17.9 Å². The van der Waals surface area contributed by atoms with Crippen molar-refractivity contribution in [3.8, 4) is 0 Å². The molecule has 8 heteroatoms. The number of morpholine rings is 1. The number of benzene rings is 1. The van der Waals surface area contributed by atoms with E-state index in [-0.39, 0.29) is 10.8 Å². The van der Waals surface area contributed by atoms with Crippen LogP contribution in [0.2, 0.25) is 0 Å². The summed E-state index contributed by atoms with van der Waals surface area (Å²) in [6.45, 7) is 3.53. The summed E-state index contributed by atoms with van der Waals surface area (Å²) < 4.78 is 27.5. The van der Waals surface area contributed by atoms with Gasteiger partial charge in [0, 0.05) is 19.6 Å². The third kappa shape index (κ3) is 5.09. The minimum absolute atomic E-state index is 0.0610. The van der Waals surface area contributed by atoms with Gasteiger partial charge >= 0.3 is 0 Å². The zero-order valence-corrected chi connectivity index (χ0v) is 12.4. The van der Waals surface area contributed by atoms with Gasteiger partial charge in [-0.2, -0.15) is 0 Å². The molecule has 0 radical (unpaired) electrons. The van der Waals surface area contributed by atoms with Crippen LogP contribution in [0.15, 0.2) is 29.2 Å². The third-order valence-electron chi connectivity index (χ3n) is 3.21. The minimum atomic E-state index is -3.68. The van der Waals surface area contributed by atoms with E-state index in [1.54, 1.807) is 12.1 Å². The first-order valence-corrected chi connectivity index (χ1v) is 8.18. The molecule has 0 unspecified atom stereocenters. The van der Waals surface area contributed by atoms with Crippen molar-refractivity contribution in [2.45, 2.75) is 11.4 Å². The normalized spacial score (nSPS) is 16.6. The molecule has 1 aromatic rings. The lowest BCUT2D eigenvalue weighted by Crippen LogP contribution is -2.43. The lowest BCUT2D eigenvalue weighted by atomic mass is 10.2. The Balaban J connectivity index is 1.81. The van der Waals surface area contributed by atoms with E-state index in [4.69, 9.17) is 9.88 Å². The molecule has 1 heterocycles. The molecule has 0 atom stereocenters. The van der Waals surface area contributed by atoms with Crippen molar-refractivity contribution >= 4 is 15.9 Å². The van der Waals surface area contributed by atoms with Crippen LogP contribution in [-0.2, 0) is 26.1 Å². The fourth-order valence-corrected chi connectivity index (χ4v) is 2.53. The molecule has 1 aliphatic rings. The first kappa shape index (κ1) is 15.9. The number of ether oxygens (including phenoxy) is 1. The number of primary sulfonamides is 1. The molecule has 21 heavy (non-hydrogen) atoms. The van der Waals surface area contributed by atoms with Crippen LogP contribution >= 0.6 is 0 Å². The zero-order valence-electron chi connectivity index (χ0n) is 11.6. The van der Waals surface area contributed by atoms with Gasteiger partial charge in [-0.05, 0) is 17.7 Å². The number of hydrogen-bond donors (Lipinski definition) is 2. The summed E-state index contributed by atoms with van der Waals surface area (Å²) in [5.41, 5.74) is 0.817. The Bertz CT molecular complexity index is 580. The number of hydrogen-bond acceptors (Lipinski definition) is 5. The summed E-state index contributed by atoms with van der Waals surface area (Å²) >= 11 is 0. The molecule has 1 saturated heterocycles. The third-order valence-corrected chi connectivity index (χ3v) is 4.14. The highest BCUT2D eigenvalue weighted by Gasteiger charge is 2.14. The standard InChI is InChI=1S/C13H19N3O4S/c14-21(18,19)12-3-1-11(2-4-12)9-15-13(17)10-16-5-7-20-8-6-16/h1-4H,5-10H2,(H,15,17)(H2,14,18,19). The van der Waals surface area contributed by atoms with Crippen LogP contribution in [0, 0.1) is 0 Å². The molecular formula is C13H19N3O4S. The maximum absolute atomic E-state index is 11.8. The lowest BCUT2D eigenvalue weighted by molar-refractivity contribution is -0.123. The summed E-state index contributed by atoms with van der Waals surface area (Å²) in [7, 11) is -3.68. The van der Waals surface area contributed by atoms with Crippen LogP contribution in [0.4, 0.5) is 0 Å². The van der Waals surface area contributed by atoms with Gasteiger partial charge in [-0.1, -0.05) is 12.1 Å². The number of nitrogens with zero attached hydrogens (tertiary/aromatic N) is 1. The fraction of sp³-hybridized carbons (Fsp3) is 0.462. The average Bonchev–Trinajstić information content (AvgIpc) is 2.46. The van der Waals surface area contributed by atoms with E-state index in [2.05, 4.69) is 5.32 Å². The zero-order chi connectivity index (χ0) is 15.3. The molecule has 0 aromatic heterocycles. The Hall–Kier alpha value is -1.48. The number of nitrogens with one attached hydrogen (secondary N) is 1. The molecule has 1 aromatic carbocycles. The summed E-state index contributed by atoms with van der Waals surface area (Å²) in [4.78, 5) is 13.9. The van der Waals surface area contributed by atoms with E-state index >= 15 is 0 Å². The van der Waals surface area contributed by atoms with E-state index in [0.717, 1.165) is 18.7 Å². The van der Waals surface area contributed by atoms with E-state index in [1.165, 1.54) is 12.1 Å². The molecular weight excluding hydrogens is 294 g/mol. The van der Waals surface area contributed by atoms with Gasteiger partial charge in [-0.15, -0.1) is 0 Å². The van der Waals surface area contributed by atoms with Crippen LogP contribution in [-0.4, -0.2) is 52.1 Å². The number of carbonyl (C=O) groups is 1. The molecule has 2 rings (SSSR count). The van der Waals surface area contributed by atoms with Gasteiger partial charge in [0.1, 0.15) is 0 Å².